The fraction of sp³-hybridized carbons (Fsp3) is 0.600. The molecule has 6 nitrogen and oxygen atoms in total. The number of nitrogens with one attached hydrogen (secondary N) is 1. The predicted molar refractivity (Wildman–Crippen MR) is 75.3 cm³/mol. The minimum absolute atomic E-state index is 0.189. The van der Waals surface area contributed by atoms with E-state index in [0.717, 1.165) is 19.3 Å². The van der Waals surface area contributed by atoms with Crippen LogP contribution in [0, 0.1) is 12.8 Å². The van der Waals surface area contributed by atoms with Crippen molar-refractivity contribution in [1.29, 1.82) is 0 Å². The Hall–Kier alpha value is -1.82. The van der Waals surface area contributed by atoms with Gasteiger partial charge in [-0.3, -0.25) is 9.59 Å². The Bertz CT molecular complexity index is 522. The van der Waals surface area contributed by atoms with E-state index in [9.17, 15) is 9.59 Å². The van der Waals surface area contributed by atoms with Crippen molar-refractivity contribution >= 4 is 11.9 Å². The van der Waals surface area contributed by atoms with Gasteiger partial charge >= 0.3 is 5.97 Å². The van der Waals surface area contributed by atoms with E-state index in [0.29, 0.717) is 23.6 Å². The SMILES string of the molecule is COC1CCCC1CNC(=O)c1c(C)coc1CC(=O)O. The molecule has 2 atom stereocenters. The Labute approximate surface area is 123 Å². The van der Waals surface area contributed by atoms with Gasteiger partial charge in [0.15, 0.2) is 0 Å². The van der Waals surface area contributed by atoms with Gasteiger partial charge in [0.05, 0.1) is 17.9 Å². The molecule has 0 saturated heterocycles. The van der Waals surface area contributed by atoms with Crippen molar-refractivity contribution in [3.63, 3.8) is 0 Å². The summed E-state index contributed by atoms with van der Waals surface area (Å²) in [6, 6.07) is 0. The molecule has 1 heterocycles. The zero-order valence-corrected chi connectivity index (χ0v) is 12.3. The smallest absolute Gasteiger partial charge is 0.311 e. The van der Waals surface area contributed by atoms with Crippen LogP contribution in [0.1, 0.15) is 40.9 Å². The first-order valence-electron chi connectivity index (χ1n) is 7.12. The van der Waals surface area contributed by atoms with Gasteiger partial charge in [0, 0.05) is 25.1 Å². The molecule has 21 heavy (non-hydrogen) atoms. The molecule has 2 unspecified atom stereocenters. The first kappa shape index (κ1) is 15.6. The number of ether oxygens (including phenoxy) is 1. The average Bonchev–Trinajstić information content (AvgIpc) is 3.02. The van der Waals surface area contributed by atoms with Crippen molar-refractivity contribution in [2.45, 2.75) is 38.7 Å². The monoisotopic (exact) mass is 295 g/mol. The molecular formula is C15H21NO5. The topological polar surface area (TPSA) is 88.8 Å². The number of carboxylic acids is 1. The summed E-state index contributed by atoms with van der Waals surface area (Å²) in [6.45, 7) is 2.27. The fourth-order valence-corrected chi connectivity index (χ4v) is 2.93. The molecule has 1 aromatic heterocycles. The lowest BCUT2D eigenvalue weighted by Crippen LogP contribution is -2.33. The molecule has 0 aliphatic heterocycles. The molecule has 2 N–H and O–H groups in total. The van der Waals surface area contributed by atoms with Crippen LogP contribution >= 0.6 is 0 Å². The van der Waals surface area contributed by atoms with Crippen LogP contribution in [0.5, 0.6) is 0 Å². The number of rotatable bonds is 6. The molecule has 1 amide bonds. The van der Waals surface area contributed by atoms with E-state index in [1.54, 1.807) is 14.0 Å². The number of hydrogen-bond acceptors (Lipinski definition) is 4. The average molecular weight is 295 g/mol. The predicted octanol–water partition coefficient (Wildman–Crippen LogP) is 1.76. The van der Waals surface area contributed by atoms with Crippen molar-refractivity contribution in [3.8, 4) is 0 Å². The van der Waals surface area contributed by atoms with E-state index in [-0.39, 0.29) is 24.2 Å². The molecule has 1 saturated carbocycles. The maximum Gasteiger partial charge on any atom is 0.311 e. The number of carbonyl (C=O) groups excluding carboxylic acids is 1. The van der Waals surface area contributed by atoms with E-state index in [2.05, 4.69) is 5.32 Å². The van der Waals surface area contributed by atoms with Gasteiger partial charge in [-0.2, -0.15) is 0 Å². The number of methoxy groups -OCH3 is 1. The number of furan rings is 1. The summed E-state index contributed by atoms with van der Waals surface area (Å²) < 4.78 is 10.6. The zero-order valence-electron chi connectivity index (χ0n) is 12.3. The number of amides is 1. The lowest BCUT2D eigenvalue weighted by atomic mass is 10.1. The Morgan fingerprint density at radius 2 is 2.24 bits per heavy atom. The molecule has 0 aromatic carbocycles. The molecule has 1 aliphatic rings. The normalized spacial score (nSPS) is 21.4. The highest BCUT2D eigenvalue weighted by molar-refractivity contribution is 5.97. The van der Waals surface area contributed by atoms with E-state index in [4.69, 9.17) is 14.3 Å². The zero-order chi connectivity index (χ0) is 15.4. The summed E-state index contributed by atoms with van der Waals surface area (Å²) in [7, 11) is 1.69. The van der Waals surface area contributed by atoms with Gasteiger partial charge in [-0.25, -0.2) is 0 Å². The van der Waals surface area contributed by atoms with Gasteiger partial charge in [0.1, 0.15) is 12.2 Å². The highest BCUT2D eigenvalue weighted by atomic mass is 16.5. The maximum absolute atomic E-state index is 12.3. The van der Waals surface area contributed by atoms with Crippen LogP contribution < -0.4 is 5.32 Å². The van der Waals surface area contributed by atoms with Gasteiger partial charge < -0.3 is 19.6 Å². The lowest BCUT2D eigenvalue weighted by Gasteiger charge is -2.18. The first-order chi connectivity index (χ1) is 10.0. The van der Waals surface area contributed by atoms with Crippen LogP contribution in [-0.2, 0) is 16.0 Å². The van der Waals surface area contributed by atoms with Crippen molar-refractivity contribution in [1.82, 2.24) is 5.32 Å². The number of carboxylic acid groups (broad SMARTS) is 1. The number of aryl methyl sites for hydroxylation is 1. The molecule has 1 aliphatic carbocycles. The number of carbonyl (C=O) groups is 2. The summed E-state index contributed by atoms with van der Waals surface area (Å²) in [5.74, 6) is -0.783. The second-order valence-electron chi connectivity index (χ2n) is 5.46. The molecule has 6 heteroatoms. The third-order valence-corrected chi connectivity index (χ3v) is 4.01. The summed E-state index contributed by atoms with van der Waals surface area (Å²) in [6.07, 6.45) is 4.47. The summed E-state index contributed by atoms with van der Waals surface area (Å²) in [4.78, 5) is 23.1. The van der Waals surface area contributed by atoms with Crippen molar-refractivity contribution < 1.29 is 23.8 Å². The number of hydrogen-bond donors (Lipinski definition) is 2. The maximum atomic E-state index is 12.3. The van der Waals surface area contributed by atoms with E-state index in [1.807, 2.05) is 0 Å². The second kappa shape index (κ2) is 6.76. The van der Waals surface area contributed by atoms with Crippen molar-refractivity contribution in [2.24, 2.45) is 5.92 Å². The molecule has 0 bridgehead atoms. The summed E-state index contributed by atoms with van der Waals surface area (Å²) >= 11 is 0. The molecule has 2 rings (SSSR count). The van der Waals surface area contributed by atoms with Crippen LogP contribution in [0.25, 0.3) is 0 Å². The Balaban J connectivity index is 2.00. The third-order valence-electron chi connectivity index (χ3n) is 4.01. The quantitative estimate of drug-likeness (QED) is 0.834. The van der Waals surface area contributed by atoms with Crippen molar-refractivity contribution in [3.05, 3.63) is 23.2 Å². The Morgan fingerprint density at radius 1 is 1.48 bits per heavy atom. The fourth-order valence-electron chi connectivity index (χ4n) is 2.93. The van der Waals surface area contributed by atoms with Crippen LogP contribution in [0.15, 0.2) is 10.7 Å². The van der Waals surface area contributed by atoms with Crippen LogP contribution in [0.2, 0.25) is 0 Å². The second-order valence-corrected chi connectivity index (χ2v) is 5.46. The summed E-state index contributed by atoms with van der Waals surface area (Å²) in [5, 5.41) is 11.7. The van der Waals surface area contributed by atoms with Crippen LogP contribution in [0.3, 0.4) is 0 Å². The molecule has 116 valence electrons. The standard InChI is InChI=1S/C15H21NO5/c1-9-8-21-12(6-13(17)18)14(9)15(19)16-7-10-4-3-5-11(10)20-2/h8,10-11H,3-7H2,1-2H3,(H,16,19)(H,17,18). The first-order valence-corrected chi connectivity index (χ1v) is 7.12. The Kier molecular flexibility index (Phi) is 5.01. The molecular weight excluding hydrogens is 274 g/mol. The van der Waals surface area contributed by atoms with E-state index < -0.39 is 5.97 Å². The molecule has 1 fully saturated rings. The number of aliphatic carboxylic acids is 1. The third kappa shape index (κ3) is 3.64. The molecule has 1 aromatic rings. The minimum atomic E-state index is -1.02. The van der Waals surface area contributed by atoms with E-state index in [1.165, 1.54) is 6.26 Å². The van der Waals surface area contributed by atoms with Gasteiger partial charge in [-0.1, -0.05) is 6.42 Å². The van der Waals surface area contributed by atoms with Gasteiger partial charge in [-0.05, 0) is 19.8 Å². The van der Waals surface area contributed by atoms with Crippen LogP contribution in [0.4, 0.5) is 0 Å². The highest BCUT2D eigenvalue weighted by Crippen LogP contribution is 2.27. The lowest BCUT2D eigenvalue weighted by molar-refractivity contribution is -0.136. The minimum Gasteiger partial charge on any atom is -0.481 e. The van der Waals surface area contributed by atoms with Gasteiger partial charge in [0.2, 0.25) is 0 Å². The highest BCUT2D eigenvalue weighted by Gasteiger charge is 2.28. The van der Waals surface area contributed by atoms with Gasteiger partial charge in [-0.15, -0.1) is 0 Å². The Morgan fingerprint density at radius 3 is 2.90 bits per heavy atom. The van der Waals surface area contributed by atoms with Crippen molar-refractivity contribution in [2.75, 3.05) is 13.7 Å². The van der Waals surface area contributed by atoms with Gasteiger partial charge in [0.25, 0.3) is 5.91 Å². The summed E-state index contributed by atoms with van der Waals surface area (Å²) in [5.41, 5.74) is 0.989. The molecule has 0 radical (unpaired) electrons. The molecule has 0 spiro atoms. The van der Waals surface area contributed by atoms with E-state index >= 15 is 0 Å². The van der Waals surface area contributed by atoms with Crippen LogP contribution in [-0.4, -0.2) is 36.7 Å². The largest absolute Gasteiger partial charge is 0.481 e.